The standard InChI is InChI=1S/C41H67NO15/c1-11-30(45)54-29-21-32(47)51-24(4)16-14-13-15-17-28(44)23(3)20-27(18-19-43)37(38(29)50-10)57-40-35(48)34(42(8)9)36(25(5)53-40)56-33-22-41(7,49)39(26(6)52-33)55-31(46)12-2/h13-15,17,19,23-29,33-40,44,48-49H,11-12,16,18,20-22H2,1-10H3/b14-13-,17-15+/t23?,24?,25-,26+,27?,28?,29?,33+,34-,35-,36-,37?,38?,39+,40+,41-/m1/s1. The van der Waals surface area contributed by atoms with E-state index in [4.69, 9.17) is 37.9 Å². The molecule has 3 aliphatic rings. The minimum atomic E-state index is -1.49. The Morgan fingerprint density at radius 3 is 2.23 bits per heavy atom. The van der Waals surface area contributed by atoms with E-state index in [-0.39, 0.29) is 32.1 Å². The molecule has 0 aliphatic carbocycles. The SMILES string of the molecule is CCC(=O)OC1CC(=O)OC(C)C/C=C\C=C\C(O)C(C)CC(CC=O)C(O[C@@H]2O[C@H](C)[C@@H](O[C@H]3C[C@@](C)(O)[C@@H](OC(=O)CC)[C@H](C)O3)[C@H](N(C)C)[C@H]2O)C1OC. The molecule has 16 atom stereocenters. The van der Waals surface area contributed by atoms with Crippen molar-refractivity contribution in [3.8, 4) is 0 Å². The zero-order chi connectivity index (χ0) is 42.6. The van der Waals surface area contributed by atoms with Gasteiger partial charge in [0.15, 0.2) is 18.7 Å². The molecule has 57 heavy (non-hydrogen) atoms. The van der Waals surface area contributed by atoms with Gasteiger partial charge in [-0.1, -0.05) is 45.1 Å². The molecular weight excluding hydrogens is 746 g/mol. The highest BCUT2D eigenvalue weighted by Crippen LogP contribution is 2.37. The molecule has 0 saturated carbocycles. The molecule has 0 spiro atoms. The summed E-state index contributed by atoms with van der Waals surface area (Å²) in [5.74, 6) is -2.82. The molecule has 7 unspecified atom stereocenters. The third-order valence-electron chi connectivity index (χ3n) is 10.9. The fraction of sp³-hybridized carbons (Fsp3) is 0.805. The number of nitrogens with zero attached hydrogens (tertiary/aromatic N) is 1. The monoisotopic (exact) mass is 813 g/mol. The van der Waals surface area contributed by atoms with Crippen LogP contribution in [0, 0.1) is 11.8 Å². The minimum absolute atomic E-state index is 0.000633. The van der Waals surface area contributed by atoms with Crippen molar-refractivity contribution in [2.45, 2.75) is 179 Å². The number of aldehydes is 1. The maximum absolute atomic E-state index is 13.3. The molecule has 326 valence electrons. The molecule has 3 aliphatic heterocycles. The Kier molecular flexibility index (Phi) is 19.2. The number of carbonyl (C=O) groups excluding carboxylic acids is 4. The maximum atomic E-state index is 13.3. The Morgan fingerprint density at radius 2 is 1.63 bits per heavy atom. The highest BCUT2D eigenvalue weighted by molar-refractivity contribution is 5.72. The molecule has 0 bridgehead atoms. The van der Waals surface area contributed by atoms with Crippen molar-refractivity contribution in [1.82, 2.24) is 4.90 Å². The molecule has 3 rings (SSSR count). The van der Waals surface area contributed by atoms with Gasteiger partial charge in [-0.25, -0.2) is 0 Å². The second-order valence-electron chi connectivity index (χ2n) is 16.0. The van der Waals surface area contributed by atoms with E-state index >= 15 is 0 Å². The molecule has 16 nitrogen and oxygen atoms in total. The summed E-state index contributed by atoms with van der Waals surface area (Å²) < 4.78 is 48.5. The molecule has 0 amide bonds. The second-order valence-corrected chi connectivity index (χ2v) is 16.0. The van der Waals surface area contributed by atoms with Crippen LogP contribution in [0.25, 0.3) is 0 Å². The highest BCUT2D eigenvalue weighted by Gasteiger charge is 2.53. The Hall–Kier alpha value is -2.80. The lowest BCUT2D eigenvalue weighted by molar-refractivity contribution is -0.344. The summed E-state index contributed by atoms with van der Waals surface area (Å²) in [4.78, 5) is 52.3. The smallest absolute Gasteiger partial charge is 0.309 e. The quantitative estimate of drug-likeness (QED) is 0.147. The van der Waals surface area contributed by atoms with Crippen molar-refractivity contribution < 1.29 is 72.4 Å². The number of cyclic esters (lactones) is 1. The highest BCUT2D eigenvalue weighted by atomic mass is 16.7. The average molecular weight is 814 g/mol. The fourth-order valence-electron chi connectivity index (χ4n) is 7.82. The van der Waals surface area contributed by atoms with Crippen LogP contribution in [0.3, 0.4) is 0 Å². The molecular formula is C41H67NO15. The van der Waals surface area contributed by atoms with Gasteiger partial charge in [-0.3, -0.25) is 14.4 Å². The summed E-state index contributed by atoms with van der Waals surface area (Å²) >= 11 is 0. The summed E-state index contributed by atoms with van der Waals surface area (Å²) in [6.07, 6.45) is -4.08. The van der Waals surface area contributed by atoms with E-state index in [9.17, 15) is 34.5 Å². The van der Waals surface area contributed by atoms with Crippen molar-refractivity contribution in [1.29, 1.82) is 0 Å². The van der Waals surface area contributed by atoms with Crippen molar-refractivity contribution in [3.05, 3.63) is 24.3 Å². The van der Waals surface area contributed by atoms with Crippen molar-refractivity contribution in [2.75, 3.05) is 21.2 Å². The molecule has 3 N–H and O–H groups in total. The molecule has 16 heteroatoms. The first kappa shape index (κ1) is 48.6. The number of rotatable bonds is 12. The Balaban J connectivity index is 2.01. The summed E-state index contributed by atoms with van der Waals surface area (Å²) in [6.45, 7) is 11.8. The zero-order valence-corrected chi connectivity index (χ0v) is 35.2. The Morgan fingerprint density at radius 1 is 0.965 bits per heavy atom. The first-order valence-corrected chi connectivity index (χ1v) is 20.1. The second kappa shape index (κ2) is 22.5. The molecule has 0 aromatic rings. The summed E-state index contributed by atoms with van der Waals surface area (Å²) in [7, 11) is 4.86. The van der Waals surface area contributed by atoms with Gasteiger partial charge in [0, 0.05) is 39.2 Å². The van der Waals surface area contributed by atoms with E-state index in [1.807, 2.05) is 13.0 Å². The van der Waals surface area contributed by atoms with Crippen LogP contribution in [0.15, 0.2) is 24.3 Å². The number of ether oxygens (including phenoxy) is 8. The Labute approximate surface area is 337 Å². The first-order chi connectivity index (χ1) is 26.9. The number of esters is 3. The number of hydrogen-bond donors (Lipinski definition) is 3. The Bertz CT molecular complexity index is 1350. The normalized spacial score (nSPS) is 41.1. The summed E-state index contributed by atoms with van der Waals surface area (Å²) in [5.41, 5.74) is -1.49. The molecule has 3 heterocycles. The summed E-state index contributed by atoms with van der Waals surface area (Å²) in [6, 6.07) is -0.779. The van der Waals surface area contributed by atoms with Gasteiger partial charge >= 0.3 is 17.9 Å². The van der Waals surface area contributed by atoms with E-state index in [0.717, 1.165) is 0 Å². The van der Waals surface area contributed by atoms with E-state index in [1.54, 1.807) is 78.8 Å². The van der Waals surface area contributed by atoms with Gasteiger partial charge in [-0.2, -0.15) is 0 Å². The van der Waals surface area contributed by atoms with Crippen LogP contribution in [-0.2, 0) is 57.1 Å². The van der Waals surface area contributed by atoms with Gasteiger partial charge in [0.1, 0.15) is 42.4 Å². The van der Waals surface area contributed by atoms with Crippen LogP contribution in [0.4, 0.5) is 0 Å². The number of aliphatic hydroxyl groups excluding tert-OH is 2. The van der Waals surface area contributed by atoms with Gasteiger partial charge in [-0.05, 0) is 60.0 Å². The van der Waals surface area contributed by atoms with Crippen LogP contribution in [-0.4, -0.2) is 151 Å². The third kappa shape index (κ3) is 13.6. The molecule has 2 fully saturated rings. The van der Waals surface area contributed by atoms with Crippen molar-refractivity contribution in [2.24, 2.45) is 11.8 Å². The van der Waals surface area contributed by atoms with Crippen molar-refractivity contribution in [3.63, 3.8) is 0 Å². The van der Waals surface area contributed by atoms with Crippen LogP contribution < -0.4 is 0 Å². The molecule has 0 aromatic heterocycles. The van der Waals surface area contributed by atoms with E-state index in [1.165, 1.54) is 7.11 Å². The average Bonchev–Trinajstić information content (AvgIpc) is 3.13. The first-order valence-electron chi connectivity index (χ1n) is 20.1. The van der Waals surface area contributed by atoms with E-state index < -0.39 is 121 Å². The van der Waals surface area contributed by atoms with Gasteiger partial charge in [0.2, 0.25) is 0 Å². The van der Waals surface area contributed by atoms with E-state index in [2.05, 4.69) is 0 Å². The van der Waals surface area contributed by atoms with Crippen LogP contribution in [0.5, 0.6) is 0 Å². The number of carbonyl (C=O) groups is 4. The largest absolute Gasteiger partial charge is 0.462 e. The van der Waals surface area contributed by atoms with Crippen molar-refractivity contribution >= 4 is 24.2 Å². The molecule has 2 saturated heterocycles. The number of likely N-dealkylation sites (N-methyl/N-ethyl adjacent to an activating group) is 1. The van der Waals surface area contributed by atoms with E-state index in [0.29, 0.717) is 12.7 Å². The van der Waals surface area contributed by atoms with Crippen LogP contribution >= 0.6 is 0 Å². The van der Waals surface area contributed by atoms with Gasteiger partial charge in [0.05, 0.1) is 36.9 Å². The topological polar surface area (TPSA) is 206 Å². The lowest BCUT2D eigenvalue weighted by Crippen LogP contribution is -2.66. The zero-order valence-electron chi connectivity index (χ0n) is 35.2. The number of methoxy groups -OCH3 is 1. The lowest BCUT2D eigenvalue weighted by Gasteiger charge is -2.50. The van der Waals surface area contributed by atoms with Gasteiger partial charge in [0.25, 0.3) is 0 Å². The van der Waals surface area contributed by atoms with Crippen LogP contribution in [0.1, 0.15) is 93.4 Å². The minimum Gasteiger partial charge on any atom is -0.462 e. The predicted molar refractivity (Wildman–Crippen MR) is 205 cm³/mol. The molecule has 0 aromatic carbocycles. The number of allylic oxidation sites excluding steroid dienone is 2. The third-order valence-corrected chi connectivity index (χ3v) is 10.9. The van der Waals surface area contributed by atoms with Crippen LogP contribution in [0.2, 0.25) is 0 Å². The molecule has 0 radical (unpaired) electrons. The lowest BCUT2D eigenvalue weighted by atomic mass is 9.82. The predicted octanol–water partition coefficient (Wildman–Crippen LogP) is 2.77. The number of hydrogen-bond acceptors (Lipinski definition) is 16. The summed E-state index contributed by atoms with van der Waals surface area (Å²) in [5, 5.41) is 34.5. The fourth-order valence-corrected chi connectivity index (χ4v) is 7.82. The number of aliphatic hydroxyl groups is 3. The van der Waals surface area contributed by atoms with Gasteiger partial charge in [-0.15, -0.1) is 0 Å². The maximum Gasteiger partial charge on any atom is 0.309 e. The van der Waals surface area contributed by atoms with Gasteiger partial charge < -0.3 is 62.9 Å².